The highest BCUT2D eigenvalue weighted by Gasteiger charge is 2.12. The lowest BCUT2D eigenvalue weighted by atomic mass is 10.2. The van der Waals surface area contributed by atoms with Crippen molar-refractivity contribution in [3.8, 4) is 17.1 Å². The Labute approximate surface area is 115 Å². The fraction of sp³-hybridized carbons (Fsp3) is 0.250. The number of nitrogens with zero attached hydrogens (tertiary/aromatic N) is 3. The number of amides is 1. The predicted molar refractivity (Wildman–Crippen MR) is 72.9 cm³/mol. The molecule has 1 heterocycles. The largest absolute Gasteiger partial charge is 0.497 e. The van der Waals surface area contributed by atoms with Crippen LogP contribution in [0.15, 0.2) is 29.4 Å². The first-order chi connectivity index (χ1) is 9.11. The van der Waals surface area contributed by atoms with Crippen LogP contribution in [-0.4, -0.2) is 33.5 Å². The summed E-state index contributed by atoms with van der Waals surface area (Å²) in [4.78, 5) is 10.8. The summed E-state index contributed by atoms with van der Waals surface area (Å²) in [5.74, 6) is 1.28. The second-order valence-electron chi connectivity index (χ2n) is 3.85. The molecule has 0 fully saturated rings. The third-order valence-corrected chi connectivity index (χ3v) is 3.55. The van der Waals surface area contributed by atoms with Crippen LogP contribution >= 0.6 is 11.8 Å². The number of hydrogen-bond donors (Lipinski definition) is 1. The maximum absolute atomic E-state index is 10.8. The maximum atomic E-state index is 10.8. The second kappa shape index (κ2) is 5.75. The average Bonchev–Trinajstić information content (AvgIpc) is 2.78. The quantitative estimate of drug-likeness (QED) is 0.827. The number of carbonyl (C=O) groups excluding carboxylic acids is 1. The van der Waals surface area contributed by atoms with E-state index in [0.29, 0.717) is 11.0 Å². The first-order valence-corrected chi connectivity index (χ1v) is 6.55. The summed E-state index contributed by atoms with van der Waals surface area (Å²) in [6, 6.07) is 7.56. The minimum absolute atomic E-state index is 0.185. The number of carbonyl (C=O) groups is 1. The molecule has 2 rings (SSSR count). The van der Waals surface area contributed by atoms with E-state index in [2.05, 4.69) is 10.2 Å². The van der Waals surface area contributed by atoms with Gasteiger partial charge in [0.1, 0.15) is 5.75 Å². The summed E-state index contributed by atoms with van der Waals surface area (Å²) >= 11 is 1.26. The lowest BCUT2D eigenvalue weighted by Crippen LogP contribution is -2.13. The molecule has 0 aliphatic rings. The number of aromatic nitrogens is 3. The third-order valence-electron chi connectivity index (χ3n) is 2.51. The average molecular weight is 278 g/mol. The Kier molecular flexibility index (Phi) is 4.06. The van der Waals surface area contributed by atoms with Crippen molar-refractivity contribution in [3.63, 3.8) is 0 Å². The maximum Gasteiger partial charge on any atom is 0.227 e. The van der Waals surface area contributed by atoms with Gasteiger partial charge in [-0.15, -0.1) is 10.2 Å². The number of rotatable bonds is 5. The van der Waals surface area contributed by atoms with Crippen LogP contribution in [0.3, 0.4) is 0 Å². The van der Waals surface area contributed by atoms with Crippen molar-refractivity contribution < 1.29 is 9.53 Å². The molecule has 0 aliphatic heterocycles. The van der Waals surface area contributed by atoms with E-state index in [1.54, 1.807) is 7.11 Å². The Balaban J connectivity index is 2.27. The Bertz CT molecular complexity index is 597. The van der Waals surface area contributed by atoms with Crippen molar-refractivity contribution in [2.75, 3.05) is 12.9 Å². The van der Waals surface area contributed by atoms with Gasteiger partial charge in [0.15, 0.2) is 11.0 Å². The Morgan fingerprint density at radius 1 is 1.47 bits per heavy atom. The molecule has 6 nitrogen and oxygen atoms in total. The van der Waals surface area contributed by atoms with E-state index >= 15 is 0 Å². The normalized spacial score (nSPS) is 10.4. The number of hydrogen-bond acceptors (Lipinski definition) is 5. The third kappa shape index (κ3) is 3.05. The Morgan fingerprint density at radius 3 is 2.95 bits per heavy atom. The van der Waals surface area contributed by atoms with Crippen molar-refractivity contribution in [2.24, 2.45) is 12.8 Å². The molecule has 0 radical (unpaired) electrons. The molecule has 1 amide bonds. The molecule has 19 heavy (non-hydrogen) atoms. The zero-order valence-electron chi connectivity index (χ0n) is 10.7. The molecule has 0 atom stereocenters. The molecule has 0 unspecified atom stereocenters. The number of benzene rings is 1. The van der Waals surface area contributed by atoms with Crippen LogP contribution in [0.1, 0.15) is 0 Å². The van der Waals surface area contributed by atoms with E-state index in [4.69, 9.17) is 10.5 Å². The zero-order chi connectivity index (χ0) is 13.8. The van der Waals surface area contributed by atoms with Crippen molar-refractivity contribution >= 4 is 17.7 Å². The minimum atomic E-state index is -0.379. The molecule has 2 N–H and O–H groups in total. The summed E-state index contributed by atoms with van der Waals surface area (Å²) in [7, 11) is 3.46. The van der Waals surface area contributed by atoms with Crippen molar-refractivity contribution in [1.82, 2.24) is 14.8 Å². The predicted octanol–water partition coefficient (Wildman–Crippen LogP) is 1.07. The zero-order valence-corrected chi connectivity index (χ0v) is 11.5. The molecule has 1 aromatic heterocycles. The van der Waals surface area contributed by atoms with E-state index in [9.17, 15) is 4.79 Å². The lowest BCUT2D eigenvalue weighted by molar-refractivity contribution is -0.115. The number of ether oxygens (including phenoxy) is 1. The van der Waals surface area contributed by atoms with Gasteiger partial charge in [-0.2, -0.15) is 0 Å². The molecule has 7 heteroatoms. The van der Waals surface area contributed by atoms with Crippen LogP contribution in [-0.2, 0) is 11.8 Å². The molecule has 0 spiro atoms. The summed E-state index contributed by atoms with van der Waals surface area (Å²) in [6.45, 7) is 0. The van der Waals surface area contributed by atoms with Gasteiger partial charge in [-0.3, -0.25) is 4.79 Å². The van der Waals surface area contributed by atoms with Gasteiger partial charge < -0.3 is 15.0 Å². The topological polar surface area (TPSA) is 83.0 Å². The lowest BCUT2D eigenvalue weighted by Gasteiger charge is -2.05. The van der Waals surface area contributed by atoms with Gasteiger partial charge in [-0.25, -0.2) is 0 Å². The number of thioether (sulfide) groups is 1. The van der Waals surface area contributed by atoms with Crippen molar-refractivity contribution in [1.29, 1.82) is 0 Å². The van der Waals surface area contributed by atoms with Gasteiger partial charge in [0, 0.05) is 12.6 Å². The van der Waals surface area contributed by atoms with Gasteiger partial charge in [-0.05, 0) is 12.1 Å². The van der Waals surface area contributed by atoms with E-state index in [1.165, 1.54) is 11.8 Å². The molecular weight excluding hydrogens is 264 g/mol. The van der Waals surface area contributed by atoms with Crippen LogP contribution in [0.25, 0.3) is 11.4 Å². The number of primary amides is 1. The van der Waals surface area contributed by atoms with Crippen molar-refractivity contribution in [2.45, 2.75) is 5.16 Å². The van der Waals surface area contributed by atoms with E-state index in [-0.39, 0.29) is 11.7 Å². The molecule has 1 aromatic carbocycles. The van der Waals surface area contributed by atoms with Crippen molar-refractivity contribution in [3.05, 3.63) is 24.3 Å². The van der Waals surface area contributed by atoms with E-state index in [0.717, 1.165) is 11.3 Å². The summed E-state index contributed by atoms with van der Waals surface area (Å²) in [5.41, 5.74) is 6.02. The molecular formula is C12H14N4O2S. The summed E-state index contributed by atoms with van der Waals surface area (Å²) in [5, 5.41) is 8.82. The molecule has 0 saturated carbocycles. The minimum Gasteiger partial charge on any atom is -0.497 e. The summed E-state index contributed by atoms with van der Waals surface area (Å²) in [6.07, 6.45) is 0. The summed E-state index contributed by atoms with van der Waals surface area (Å²) < 4.78 is 7.00. The smallest absolute Gasteiger partial charge is 0.227 e. The van der Waals surface area contributed by atoms with Crippen LogP contribution in [0, 0.1) is 0 Å². The molecule has 0 aliphatic carbocycles. The highest BCUT2D eigenvalue weighted by Crippen LogP contribution is 2.25. The van der Waals surface area contributed by atoms with E-state index < -0.39 is 0 Å². The molecule has 2 aromatic rings. The Morgan fingerprint density at radius 2 is 2.26 bits per heavy atom. The molecule has 0 saturated heterocycles. The van der Waals surface area contributed by atoms with E-state index in [1.807, 2.05) is 35.9 Å². The van der Waals surface area contributed by atoms with Crippen LogP contribution in [0.5, 0.6) is 5.75 Å². The SMILES string of the molecule is COc1cccc(-c2nnc(SCC(N)=O)n2C)c1. The van der Waals surface area contributed by atoms with Gasteiger partial charge in [0.25, 0.3) is 0 Å². The number of methoxy groups -OCH3 is 1. The number of nitrogens with two attached hydrogens (primary N) is 1. The molecule has 100 valence electrons. The first-order valence-electron chi connectivity index (χ1n) is 5.56. The highest BCUT2D eigenvalue weighted by atomic mass is 32.2. The monoisotopic (exact) mass is 278 g/mol. The fourth-order valence-corrected chi connectivity index (χ4v) is 2.24. The fourth-order valence-electron chi connectivity index (χ4n) is 1.59. The van der Waals surface area contributed by atoms with Gasteiger partial charge in [0.2, 0.25) is 5.91 Å². The standard InChI is InChI=1S/C12H14N4O2S/c1-16-11(8-4-3-5-9(6-8)18-2)14-15-12(16)19-7-10(13)17/h3-6H,7H2,1-2H3,(H2,13,17). The highest BCUT2D eigenvalue weighted by molar-refractivity contribution is 7.99. The van der Waals surface area contributed by atoms with Gasteiger partial charge in [-0.1, -0.05) is 23.9 Å². The second-order valence-corrected chi connectivity index (χ2v) is 4.79. The van der Waals surface area contributed by atoms with Crippen LogP contribution in [0.2, 0.25) is 0 Å². The molecule has 0 bridgehead atoms. The van der Waals surface area contributed by atoms with Gasteiger partial charge in [0.05, 0.1) is 12.9 Å². The van der Waals surface area contributed by atoms with Crippen LogP contribution in [0.4, 0.5) is 0 Å². The van der Waals surface area contributed by atoms with Gasteiger partial charge >= 0.3 is 0 Å². The first kappa shape index (κ1) is 13.4. The van der Waals surface area contributed by atoms with Crippen LogP contribution < -0.4 is 10.5 Å². The Hall–Kier alpha value is -2.02.